The van der Waals surface area contributed by atoms with Crippen LogP contribution >= 0.6 is 11.6 Å². The minimum atomic E-state index is -0.964. The highest BCUT2D eigenvalue weighted by atomic mass is 35.5. The van der Waals surface area contributed by atoms with Gasteiger partial charge in [-0.1, -0.05) is 24.6 Å². The van der Waals surface area contributed by atoms with Crippen molar-refractivity contribution >= 4 is 29.3 Å². The van der Waals surface area contributed by atoms with E-state index in [1.165, 1.54) is 0 Å². The summed E-state index contributed by atoms with van der Waals surface area (Å²) in [5.74, 6) is -0.964. The van der Waals surface area contributed by atoms with Gasteiger partial charge in [0.15, 0.2) is 0 Å². The number of aliphatic carboxylic acids is 1. The Labute approximate surface area is 131 Å². The van der Waals surface area contributed by atoms with Gasteiger partial charge in [-0.15, -0.1) is 0 Å². The molecule has 0 aliphatic heterocycles. The van der Waals surface area contributed by atoms with Crippen molar-refractivity contribution in [3.63, 3.8) is 0 Å². The predicted molar refractivity (Wildman–Crippen MR) is 89.2 cm³/mol. The second kappa shape index (κ2) is 8.70. The van der Waals surface area contributed by atoms with Crippen molar-refractivity contribution in [1.29, 1.82) is 0 Å². The lowest BCUT2D eigenvalue weighted by molar-refractivity contribution is -0.131. The molecule has 0 aliphatic carbocycles. The summed E-state index contributed by atoms with van der Waals surface area (Å²) in [6, 6.07) is 5.64. The van der Waals surface area contributed by atoms with Crippen LogP contribution in [0.25, 0.3) is 6.08 Å². The van der Waals surface area contributed by atoms with Crippen molar-refractivity contribution in [3.8, 4) is 0 Å². The lowest BCUT2D eigenvalue weighted by Gasteiger charge is -2.27. The molecule has 0 radical (unpaired) electrons. The van der Waals surface area contributed by atoms with Crippen LogP contribution in [0.1, 0.15) is 18.9 Å². The number of carbonyl (C=O) groups is 1. The Morgan fingerprint density at radius 3 is 2.52 bits per heavy atom. The van der Waals surface area contributed by atoms with E-state index in [0.29, 0.717) is 5.02 Å². The molecule has 1 rings (SSSR count). The highest BCUT2D eigenvalue weighted by Crippen LogP contribution is 2.27. The largest absolute Gasteiger partial charge is 0.478 e. The fraction of sp³-hybridized carbons (Fsp3) is 0.438. The molecule has 0 saturated heterocycles. The van der Waals surface area contributed by atoms with Gasteiger partial charge >= 0.3 is 5.97 Å². The maximum absolute atomic E-state index is 10.5. The number of hydrogen-bond donors (Lipinski definition) is 1. The molecule has 0 spiro atoms. The van der Waals surface area contributed by atoms with Crippen molar-refractivity contribution in [3.05, 3.63) is 34.9 Å². The molecule has 0 atom stereocenters. The summed E-state index contributed by atoms with van der Waals surface area (Å²) >= 11 is 6.35. The maximum Gasteiger partial charge on any atom is 0.328 e. The molecular weight excluding hydrogens is 288 g/mol. The average molecular weight is 311 g/mol. The van der Waals surface area contributed by atoms with E-state index in [2.05, 4.69) is 16.7 Å². The number of nitrogens with zero attached hydrogens (tertiary/aromatic N) is 2. The quantitative estimate of drug-likeness (QED) is 0.749. The van der Waals surface area contributed by atoms with Crippen molar-refractivity contribution in [2.45, 2.75) is 13.3 Å². The van der Waals surface area contributed by atoms with Gasteiger partial charge in [0.05, 0.1) is 10.7 Å². The van der Waals surface area contributed by atoms with E-state index in [9.17, 15) is 4.79 Å². The van der Waals surface area contributed by atoms with Crippen LogP contribution < -0.4 is 4.90 Å². The molecule has 0 aliphatic rings. The molecule has 0 amide bonds. The summed E-state index contributed by atoms with van der Waals surface area (Å²) < 4.78 is 0. The van der Waals surface area contributed by atoms with Gasteiger partial charge in [-0.05, 0) is 44.3 Å². The summed E-state index contributed by atoms with van der Waals surface area (Å²) in [6.45, 7) is 4.94. The molecule has 0 unspecified atom stereocenters. The van der Waals surface area contributed by atoms with Crippen molar-refractivity contribution in [2.24, 2.45) is 0 Å². The van der Waals surface area contributed by atoms with E-state index in [1.807, 2.05) is 26.2 Å². The maximum atomic E-state index is 10.5. The molecule has 4 nitrogen and oxygen atoms in total. The number of hydrogen-bond acceptors (Lipinski definition) is 3. The van der Waals surface area contributed by atoms with Crippen molar-refractivity contribution in [1.82, 2.24) is 4.90 Å². The number of carboxylic acid groups (broad SMARTS) is 1. The van der Waals surface area contributed by atoms with E-state index < -0.39 is 5.97 Å². The lowest BCUT2D eigenvalue weighted by Crippen LogP contribution is -2.32. The van der Waals surface area contributed by atoms with E-state index in [4.69, 9.17) is 16.7 Å². The van der Waals surface area contributed by atoms with E-state index in [-0.39, 0.29) is 0 Å². The first kappa shape index (κ1) is 17.5. The predicted octanol–water partition coefficient (Wildman–Crippen LogP) is 3.22. The van der Waals surface area contributed by atoms with Gasteiger partial charge in [0, 0.05) is 25.7 Å². The number of halogens is 1. The Bertz CT molecular complexity index is 501. The number of benzene rings is 1. The highest BCUT2D eigenvalue weighted by Gasteiger charge is 2.10. The third kappa shape index (κ3) is 6.19. The van der Waals surface area contributed by atoms with Gasteiger partial charge < -0.3 is 14.9 Å². The van der Waals surface area contributed by atoms with Gasteiger partial charge in [0.1, 0.15) is 0 Å². The third-order valence-electron chi connectivity index (χ3n) is 3.04. The van der Waals surface area contributed by atoms with Crippen LogP contribution in [0.15, 0.2) is 24.3 Å². The van der Waals surface area contributed by atoms with Crippen LogP contribution in [0.3, 0.4) is 0 Å². The van der Waals surface area contributed by atoms with Gasteiger partial charge in [0.2, 0.25) is 0 Å². The Morgan fingerprint density at radius 1 is 1.29 bits per heavy atom. The molecule has 0 fully saturated rings. The zero-order valence-corrected chi connectivity index (χ0v) is 13.6. The number of rotatable bonds is 8. The third-order valence-corrected chi connectivity index (χ3v) is 3.34. The SMILES string of the molecule is CCCN(CCN(C)C)c1ccc(/C=C/C(=O)O)cc1Cl. The van der Waals surface area contributed by atoms with Gasteiger partial charge in [-0.3, -0.25) is 0 Å². The second-order valence-corrected chi connectivity index (χ2v) is 5.58. The van der Waals surface area contributed by atoms with Crippen molar-refractivity contribution < 1.29 is 9.90 Å². The Balaban J connectivity index is 2.90. The summed E-state index contributed by atoms with van der Waals surface area (Å²) in [4.78, 5) is 14.9. The fourth-order valence-corrected chi connectivity index (χ4v) is 2.30. The topological polar surface area (TPSA) is 43.8 Å². The first-order valence-corrected chi connectivity index (χ1v) is 7.42. The minimum absolute atomic E-state index is 0.648. The Hall–Kier alpha value is -1.52. The molecule has 0 saturated carbocycles. The lowest BCUT2D eigenvalue weighted by atomic mass is 10.1. The van der Waals surface area contributed by atoms with Gasteiger partial charge in [0.25, 0.3) is 0 Å². The first-order chi connectivity index (χ1) is 9.93. The standard InChI is InChI=1S/C16H23ClN2O2/c1-4-9-19(11-10-18(2)3)15-7-5-13(12-14(15)17)6-8-16(20)21/h5-8,12H,4,9-11H2,1-3H3,(H,20,21)/b8-6+. The van der Waals surface area contributed by atoms with E-state index >= 15 is 0 Å². The smallest absolute Gasteiger partial charge is 0.328 e. The second-order valence-electron chi connectivity index (χ2n) is 5.17. The number of anilines is 1. The molecule has 116 valence electrons. The van der Waals surface area contributed by atoms with Crippen LogP contribution in [0, 0.1) is 0 Å². The Morgan fingerprint density at radius 2 is 2.00 bits per heavy atom. The molecule has 1 N–H and O–H groups in total. The monoisotopic (exact) mass is 310 g/mol. The summed E-state index contributed by atoms with van der Waals surface area (Å²) in [5.41, 5.74) is 1.78. The molecule has 0 aromatic heterocycles. The first-order valence-electron chi connectivity index (χ1n) is 7.04. The van der Waals surface area contributed by atoms with E-state index in [0.717, 1.165) is 43.4 Å². The summed E-state index contributed by atoms with van der Waals surface area (Å²) in [5, 5.41) is 9.29. The molecular formula is C16H23ClN2O2. The summed E-state index contributed by atoms with van der Waals surface area (Å²) in [6.07, 6.45) is 3.70. The van der Waals surface area contributed by atoms with Crippen LogP contribution in [0.2, 0.25) is 5.02 Å². The van der Waals surface area contributed by atoms with E-state index in [1.54, 1.807) is 12.1 Å². The molecule has 1 aromatic carbocycles. The zero-order chi connectivity index (χ0) is 15.8. The number of carboxylic acids is 1. The Kier molecular flexibility index (Phi) is 7.26. The van der Waals surface area contributed by atoms with Crippen LogP contribution in [-0.2, 0) is 4.79 Å². The van der Waals surface area contributed by atoms with Crippen LogP contribution in [0.4, 0.5) is 5.69 Å². The van der Waals surface area contributed by atoms with Crippen LogP contribution in [-0.4, -0.2) is 49.7 Å². The average Bonchev–Trinajstić information content (AvgIpc) is 2.41. The molecule has 1 aromatic rings. The number of likely N-dealkylation sites (N-methyl/N-ethyl adjacent to an activating group) is 1. The van der Waals surface area contributed by atoms with Crippen molar-refractivity contribution in [2.75, 3.05) is 38.6 Å². The molecule has 0 heterocycles. The molecule has 5 heteroatoms. The molecule has 21 heavy (non-hydrogen) atoms. The zero-order valence-electron chi connectivity index (χ0n) is 12.8. The van der Waals surface area contributed by atoms with Gasteiger partial charge in [-0.2, -0.15) is 0 Å². The fourth-order valence-electron chi connectivity index (χ4n) is 1.99. The summed E-state index contributed by atoms with van der Waals surface area (Å²) in [7, 11) is 4.09. The highest BCUT2D eigenvalue weighted by molar-refractivity contribution is 6.33. The van der Waals surface area contributed by atoms with Crippen LogP contribution in [0.5, 0.6) is 0 Å². The minimum Gasteiger partial charge on any atom is -0.478 e. The van der Waals surface area contributed by atoms with Gasteiger partial charge in [-0.25, -0.2) is 4.79 Å². The normalized spacial score (nSPS) is 11.3. The molecule has 0 bridgehead atoms.